The fourth-order valence-electron chi connectivity index (χ4n) is 6.28. The summed E-state index contributed by atoms with van der Waals surface area (Å²) in [6, 6.07) is 9.02. The van der Waals surface area contributed by atoms with Gasteiger partial charge in [-0.25, -0.2) is 13.1 Å². The summed E-state index contributed by atoms with van der Waals surface area (Å²) in [4.78, 5) is 0.440. The second kappa shape index (κ2) is 10.7. The number of rotatable bonds is 8. The number of sulfonamides is 1. The Morgan fingerprint density at radius 3 is 2.29 bits per heavy atom. The Kier molecular flexibility index (Phi) is 7.89. The van der Waals surface area contributed by atoms with E-state index in [0.717, 1.165) is 49.6 Å². The van der Waals surface area contributed by atoms with E-state index in [0.29, 0.717) is 23.3 Å². The zero-order valence-corrected chi connectivity index (χ0v) is 25.1. The topological polar surface area (TPSA) is 60.3 Å². The quantitative estimate of drug-likeness (QED) is 0.389. The lowest BCUT2D eigenvalue weighted by Gasteiger charge is -2.26. The standard InChI is InChI=1S/C32H48N2O3S/c1-23-30(38(35,36)33-21-24-11-15-37-16-12-24)20-29(34(23)22-25-9-7-6-8-10-25)26-17-27(31(2,3)4)19-28(18-26)32(5)13-14-32/h17-20,24-25,33H,6-16,21-22H2,1-5H3. The van der Waals surface area contributed by atoms with Crippen LogP contribution in [-0.2, 0) is 32.1 Å². The molecule has 2 aliphatic carbocycles. The maximum absolute atomic E-state index is 13.7. The van der Waals surface area contributed by atoms with Crippen LogP contribution in [-0.4, -0.2) is 32.7 Å². The molecule has 2 saturated carbocycles. The Balaban J connectivity index is 1.56. The Morgan fingerprint density at radius 2 is 1.66 bits per heavy atom. The monoisotopic (exact) mass is 540 g/mol. The highest BCUT2D eigenvalue weighted by Gasteiger charge is 2.40. The van der Waals surface area contributed by atoms with Crippen LogP contribution in [0.1, 0.15) is 102 Å². The number of hydrogen-bond acceptors (Lipinski definition) is 3. The van der Waals surface area contributed by atoms with Gasteiger partial charge in [0, 0.05) is 37.7 Å². The van der Waals surface area contributed by atoms with Gasteiger partial charge in [0.1, 0.15) is 4.90 Å². The van der Waals surface area contributed by atoms with E-state index in [2.05, 4.69) is 55.2 Å². The van der Waals surface area contributed by atoms with E-state index in [1.807, 2.05) is 13.0 Å². The van der Waals surface area contributed by atoms with Crippen LogP contribution in [0, 0.1) is 18.8 Å². The van der Waals surface area contributed by atoms with Gasteiger partial charge < -0.3 is 9.30 Å². The molecule has 5 rings (SSSR count). The third-order valence-electron chi connectivity index (χ3n) is 9.47. The molecule has 1 N–H and O–H groups in total. The van der Waals surface area contributed by atoms with Crippen molar-refractivity contribution in [3.63, 3.8) is 0 Å². The van der Waals surface area contributed by atoms with Crippen LogP contribution >= 0.6 is 0 Å². The van der Waals surface area contributed by atoms with Crippen molar-refractivity contribution in [1.82, 2.24) is 9.29 Å². The van der Waals surface area contributed by atoms with Gasteiger partial charge in [0.05, 0.1) is 0 Å². The van der Waals surface area contributed by atoms with Crippen molar-refractivity contribution in [2.45, 2.75) is 115 Å². The fraction of sp³-hybridized carbons (Fsp3) is 0.688. The number of nitrogens with zero attached hydrogens (tertiary/aromatic N) is 1. The molecular formula is C32H48N2O3S. The molecule has 3 fully saturated rings. The van der Waals surface area contributed by atoms with Crippen molar-refractivity contribution in [3.8, 4) is 11.3 Å². The highest BCUT2D eigenvalue weighted by atomic mass is 32.2. The summed E-state index contributed by atoms with van der Waals surface area (Å²) in [5, 5.41) is 0. The number of aromatic nitrogens is 1. The number of hydrogen-bond donors (Lipinski definition) is 1. The molecule has 1 aliphatic heterocycles. The second-order valence-corrected chi connectivity index (χ2v) is 15.3. The van der Waals surface area contributed by atoms with Gasteiger partial charge >= 0.3 is 0 Å². The molecule has 2 aromatic rings. The molecule has 0 unspecified atom stereocenters. The van der Waals surface area contributed by atoms with E-state index >= 15 is 0 Å². The number of nitrogens with one attached hydrogen (secondary N) is 1. The van der Waals surface area contributed by atoms with E-state index in [1.165, 1.54) is 56.1 Å². The molecule has 0 spiro atoms. The van der Waals surface area contributed by atoms with Gasteiger partial charge in [-0.3, -0.25) is 0 Å². The predicted octanol–water partition coefficient (Wildman–Crippen LogP) is 7.10. The smallest absolute Gasteiger partial charge is 0.242 e. The first-order valence-corrected chi connectivity index (χ1v) is 16.4. The fourth-order valence-corrected chi connectivity index (χ4v) is 7.66. The molecule has 0 amide bonds. The maximum atomic E-state index is 13.7. The van der Waals surface area contributed by atoms with E-state index in [4.69, 9.17) is 4.74 Å². The lowest BCUT2D eigenvalue weighted by atomic mass is 9.82. The zero-order valence-electron chi connectivity index (χ0n) is 24.2. The van der Waals surface area contributed by atoms with Gasteiger partial charge in [0.25, 0.3) is 0 Å². The van der Waals surface area contributed by atoms with Crippen molar-refractivity contribution in [1.29, 1.82) is 0 Å². The van der Waals surface area contributed by atoms with Crippen LogP contribution in [0.2, 0.25) is 0 Å². The van der Waals surface area contributed by atoms with Gasteiger partial charge in [0.2, 0.25) is 10.0 Å². The van der Waals surface area contributed by atoms with Gasteiger partial charge in [-0.1, -0.05) is 53.0 Å². The Hall–Kier alpha value is -1.63. The van der Waals surface area contributed by atoms with Crippen LogP contribution in [0.3, 0.4) is 0 Å². The average molecular weight is 541 g/mol. The van der Waals surface area contributed by atoms with Crippen molar-refractivity contribution >= 4 is 10.0 Å². The highest BCUT2D eigenvalue weighted by Crippen LogP contribution is 2.49. The molecule has 0 radical (unpaired) electrons. The molecule has 5 nitrogen and oxygen atoms in total. The molecule has 3 aliphatic rings. The number of ether oxygens (including phenoxy) is 1. The van der Waals surface area contributed by atoms with Crippen LogP contribution < -0.4 is 4.72 Å². The molecular weight excluding hydrogens is 492 g/mol. The first kappa shape index (κ1) is 27.9. The number of benzene rings is 1. The molecule has 1 aromatic carbocycles. The van der Waals surface area contributed by atoms with Crippen molar-refractivity contribution < 1.29 is 13.2 Å². The lowest BCUT2D eigenvalue weighted by molar-refractivity contribution is 0.0678. The summed E-state index contributed by atoms with van der Waals surface area (Å²) in [6.07, 6.45) is 10.6. The summed E-state index contributed by atoms with van der Waals surface area (Å²) >= 11 is 0. The highest BCUT2D eigenvalue weighted by molar-refractivity contribution is 7.89. The molecule has 6 heteroatoms. The summed E-state index contributed by atoms with van der Waals surface area (Å²) in [5.74, 6) is 0.943. The minimum Gasteiger partial charge on any atom is -0.381 e. The van der Waals surface area contributed by atoms with Gasteiger partial charge in [-0.15, -0.1) is 0 Å². The largest absolute Gasteiger partial charge is 0.381 e. The average Bonchev–Trinajstić information content (AvgIpc) is 3.57. The minimum atomic E-state index is -3.62. The minimum absolute atomic E-state index is 0.0199. The van der Waals surface area contributed by atoms with E-state index in [1.54, 1.807) is 0 Å². The molecule has 0 bridgehead atoms. The maximum Gasteiger partial charge on any atom is 0.242 e. The first-order chi connectivity index (χ1) is 18.0. The van der Waals surface area contributed by atoms with E-state index < -0.39 is 10.0 Å². The first-order valence-electron chi connectivity index (χ1n) is 14.9. The van der Waals surface area contributed by atoms with E-state index in [-0.39, 0.29) is 10.8 Å². The molecule has 1 aromatic heterocycles. The molecule has 2 heterocycles. The summed E-state index contributed by atoms with van der Waals surface area (Å²) < 4.78 is 38.1. The van der Waals surface area contributed by atoms with Crippen molar-refractivity contribution in [2.75, 3.05) is 19.8 Å². The Bertz CT molecular complexity index is 1210. The predicted molar refractivity (Wildman–Crippen MR) is 155 cm³/mol. The third-order valence-corrected chi connectivity index (χ3v) is 11.0. The summed E-state index contributed by atoms with van der Waals surface area (Å²) in [5.41, 5.74) is 6.05. The zero-order chi connectivity index (χ0) is 27.1. The van der Waals surface area contributed by atoms with Gasteiger partial charge in [0.15, 0.2) is 0 Å². The lowest BCUT2D eigenvalue weighted by Crippen LogP contribution is -2.32. The van der Waals surface area contributed by atoms with Crippen LogP contribution in [0.5, 0.6) is 0 Å². The molecule has 0 atom stereocenters. The van der Waals surface area contributed by atoms with Crippen molar-refractivity contribution in [2.24, 2.45) is 11.8 Å². The Labute approximate surface area is 230 Å². The molecule has 210 valence electrons. The normalized spacial score (nSPS) is 21.1. The van der Waals surface area contributed by atoms with Crippen LogP contribution in [0.4, 0.5) is 0 Å². The molecule has 1 saturated heterocycles. The van der Waals surface area contributed by atoms with Crippen molar-refractivity contribution in [3.05, 3.63) is 41.1 Å². The van der Waals surface area contributed by atoms with Gasteiger partial charge in [-0.2, -0.15) is 0 Å². The Morgan fingerprint density at radius 1 is 0.974 bits per heavy atom. The van der Waals surface area contributed by atoms with Crippen LogP contribution in [0.15, 0.2) is 29.2 Å². The summed E-state index contributed by atoms with van der Waals surface area (Å²) in [7, 11) is -3.62. The third kappa shape index (κ3) is 6.08. The van der Waals surface area contributed by atoms with Crippen LogP contribution in [0.25, 0.3) is 11.3 Å². The summed E-state index contributed by atoms with van der Waals surface area (Å²) in [6.45, 7) is 14.0. The molecule has 38 heavy (non-hydrogen) atoms. The van der Waals surface area contributed by atoms with Gasteiger partial charge in [-0.05, 0) is 103 Å². The second-order valence-electron chi connectivity index (χ2n) is 13.6. The van der Waals surface area contributed by atoms with E-state index in [9.17, 15) is 8.42 Å². The SMILES string of the molecule is Cc1c(S(=O)(=O)NCC2CCOCC2)cc(-c2cc(C(C)(C)C)cc(C3(C)CC3)c2)n1CC1CCCCC1.